The van der Waals surface area contributed by atoms with E-state index in [1.165, 1.54) is 12.1 Å². The van der Waals surface area contributed by atoms with E-state index in [1.807, 2.05) is 27.7 Å². The highest BCUT2D eigenvalue weighted by atomic mass is 16.6. The average molecular weight is 564 g/mol. The molecule has 0 saturated carbocycles. The summed E-state index contributed by atoms with van der Waals surface area (Å²) in [6, 6.07) is 3.22. The van der Waals surface area contributed by atoms with Gasteiger partial charge in [0.15, 0.2) is 11.5 Å². The molecule has 1 aromatic rings. The summed E-state index contributed by atoms with van der Waals surface area (Å²) in [5, 5.41) is 9.83. The fourth-order valence-corrected chi connectivity index (χ4v) is 3.74. The van der Waals surface area contributed by atoms with E-state index in [9.17, 15) is 24.3 Å². The van der Waals surface area contributed by atoms with Crippen LogP contribution in [0.25, 0.3) is 0 Å². The zero-order valence-electron chi connectivity index (χ0n) is 25.8. The summed E-state index contributed by atoms with van der Waals surface area (Å²) in [7, 11) is 0. The average Bonchev–Trinajstić information content (AvgIpc) is 2.89. The molecule has 9 heteroatoms. The van der Waals surface area contributed by atoms with Crippen molar-refractivity contribution < 1.29 is 38.5 Å². The van der Waals surface area contributed by atoms with Crippen LogP contribution in [-0.4, -0.2) is 41.1 Å². The first kappa shape index (κ1) is 35.1. The van der Waals surface area contributed by atoms with E-state index in [1.54, 1.807) is 47.6 Å². The molecule has 0 saturated heterocycles. The van der Waals surface area contributed by atoms with Gasteiger partial charge in [-0.2, -0.15) is 0 Å². The highest BCUT2D eigenvalue weighted by Crippen LogP contribution is 2.39. The summed E-state index contributed by atoms with van der Waals surface area (Å²) in [5.41, 5.74) is 5.02. The first-order valence-corrected chi connectivity index (χ1v) is 14.2. The second-order valence-corrected chi connectivity index (χ2v) is 12.1. The van der Waals surface area contributed by atoms with Crippen LogP contribution in [0.15, 0.2) is 18.2 Å². The Bertz CT molecular complexity index is 1050. The highest BCUT2D eigenvalue weighted by molar-refractivity contribution is 5.82. The Kier molecular flexibility index (Phi) is 12.8. The monoisotopic (exact) mass is 563 g/mol. The molecule has 3 N–H and O–H groups in total. The highest BCUT2D eigenvalue weighted by Gasteiger charge is 2.37. The van der Waals surface area contributed by atoms with Crippen molar-refractivity contribution in [1.29, 1.82) is 0 Å². The van der Waals surface area contributed by atoms with Gasteiger partial charge in [-0.15, -0.1) is 0 Å². The molecule has 0 aliphatic rings. The third kappa shape index (κ3) is 9.32. The van der Waals surface area contributed by atoms with Crippen molar-refractivity contribution >= 4 is 23.9 Å². The third-order valence-corrected chi connectivity index (χ3v) is 8.14. The number of esters is 3. The minimum absolute atomic E-state index is 0.0134. The van der Waals surface area contributed by atoms with Gasteiger partial charge < -0.3 is 25.1 Å². The fraction of sp³-hybridized carbons (Fsp3) is 0.677. The first-order valence-electron chi connectivity index (χ1n) is 14.2. The zero-order chi connectivity index (χ0) is 31.0. The van der Waals surface area contributed by atoms with Gasteiger partial charge >= 0.3 is 23.9 Å². The van der Waals surface area contributed by atoms with Gasteiger partial charge in [-0.05, 0) is 71.1 Å². The summed E-state index contributed by atoms with van der Waals surface area (Å²) in [4.78, 5) is 50.4. The van der Waals surface area contributed by atoms with Gasteiger partial charge in [-0.3, -0.25) is 19.2 Å². The second-order valence-electron chi connectivity index (χ2n) is 12.1. The van der Waals surface area contributed by atoms with Gasteiger partial charge in [-0.1, -0.05) is 47.1 Å². The van der Waals surface area contributed by atoms with Crippen LogP contribution in [0, 0.1) is 22.7 Å². The lowest BCUT2D eigenvalue weighted by molar-refractivity contribution is -0.152. The molecule has 0 heterocycles. The zero-order valence-corrected chi connectivity index (χ0v) is 25.8. The van der Waals surface area contributed by atoms with Crippen LogP contribution in [0.3, 0.4) is 0 Å². The maximum absolute atomic E-state index is 13.0. The van der Waals surface area contributed by atoms with Crippen molar-refractivity contribution in [3.8, 4) is 11.5 Å². The Morgan fingerprint density at radius 2 is 1.38 bits per heavy atom. The van der Waals surface area contributed by atoms with Gasteiger partial charge in [0, 0.05) is 18.3 Å². The van der Waals surface area contributed by atoms with Crippen molar-refractivity contribution in [3.63, 3.8) is 0 Å². The predicted molar refractivity (Wildman–Crippen MR) is 153 cm³/mol. The van der Waals surface area contributed by atoms with Crippen molar-refractivity contribution in [2.75, 3.05) is 0 Å². The Morgan fingerprint density at radius 3 is 1.82 bits per heavy atom. The topological polar surface area (TPSA) is 142 Å². The minimum Gasteiger partial charge on any atom is -0.480 e. The molecule has 0 fully saturated rings. The summed E-state index contributed by atoms with van der Waals surface area (Å²) >= 11 is 0. The van der Waals surface area contributed by atoms with Crippen molar-refractivity contribution in [2.24, 2.45) is 28.4 Å². The van der Waals surface area contributed by atoms with Gasteiger partial charge in [0.25, 0.3) is 0 Å². The number of hydrogen-bond acceptors (Lipinski definition) is 8. The molecular weight excluding hydrogens is 514 g/mol. The molecule has 0 bridgehead atoms. The van der Waals surface area contributed by atoms with Crippen LogP contribution in [0.1, 0.15) is 106 Å². The number of benzene rings is 1. The number of nitrogens with two attached hydrogens (primary N) is 1. The lowest BCUT2D eigenvalue weighted by Crippen LogP contribution is -2.42. The molecule has 5 atom stereocenters. The van der Waals surface area contributed by atoms with Crippen LogP contribution in [-0.2, 0) is 23.9 Å². The van der Waals surface area contributed by atoms with E-state index in [0.717, 1.165) is 6.42 Å². The number of carbonyl (C=O) groups is 4. The SMILES string of the molecule is CCC(C)CC(=O)OC(C)C(C)C(c1ccc(OC(=O)C(C)(C)CC)c(OC(=O)C(C)(C)CC)c1)[C@H](N)C(=O)O. The predicted octanol–water partition coefficient (Wildman–Crippen LogP) is 5.87. The molecule has 0 aromatic heterocycles. The van der Waals surface area contributed by atoms with E-state index in [-0.39, 0.29) is 29.8 Å². The second kappa shape index (κ2) is 14.6. The lowest BCUT2D eigenvalue weighted by atomic mass is 9.79. The molecule has 40 heavy (non-hydrogen) atoms. The maximum atomic E-state index is 13.0. The largest absolute Gasteiger partial charge is 0.480 e. The molecule has 0 radical (unpaired) electrons. The molecule has 9 nitrogen and oxygen atoms in total. The quantitative estimate of drug-likeness (QED) is 0.198. The maximum Gasteiger partial charge on any atom is 0.321 e. The standard InChI is InChI=1S/C31H49NO8/c1-11-18(4)16-24(33)38-20(6)19(5)25(26(32)27(34)35)21-14-15-22(39-28(36)30(7,8)12-2)23(17-21)40-29(37)31(9,10)13-3/h14-15,17-20,25-26H,11-13,16,32H2,1-10H3,(H,34,35)/t18?,19?,20?,25?,26-/m0/s1. The van der Waals surface area contributed by atoms with E-state index < -0.39 is 52.7 Å². The van der Waals surface area contributed by atoms with Crippen LogP contribution in [0.2, 0.25) is 0 Å². The Morgan fingerprint density at radius 1 is 0.875 bits per heavy atom. The van der Waals surface area contributed by atoms with Gasteiger partial charge in [-0.25, -0.2) is 0 Å². The molecule has 1 rings (SSSR count). The van der Waals surface area contributed by atoms with Crippen LogP contribution < -0.4 is 15.2 Å². The fourth-order valence-electron chi connectivity index (χ4n) is 3.74. The van der Waals surface area contributed by atoms with Crippen molar-refractivity contribution in [3.05, 3.63) is 23.8 Å². The number of ether oxygens (including phenoxy) is 3. The Balaban J connectivity index is 3.57. The van der Waals surface area contributed by atoms with Gasteiger partial charge in [0.2, 0.25) is 0 Å². The molecule has 0 aliphatic heterocycles. The minimum atomic E-state index is -1.35. The van der Waals surface area contributed by atoms with Crippen LogP contribution >= 0.6 is 0 Å². The third-order valence-electron chi connectivity index (χ3n) is 8.14. The number of hydrogen-bond donors (Lipinski definition) is 2. The number of aliphatic carboxylic acids is 1. The number of carbonyl (C=O) groups excluding carboxylic acids is 3. The smallest absolute Gasteiger partial charge is 0.321 e. The summed E-state index contributed by atoms with van der Waals surface area (Å²) in [6.07, 6.45) is 1.47. The molecule has 0 aliphatic carbocycles. The first-order chi connectivity index (χ1) is 18.4. The number of carboxylic acids is 1. The lowest BCUT2D eigenvalue weighted by Gasteiger charge is -2.32. The molecule has 226 valence electrons. The normalized spacial score (nSPS) is 15.8. The van der Waals surface area contributed by atoms with Crippen molar-refractivity contribution in [2.45, 2.75) is 113 Å². The molecule has 4 unspecified atom stereocenters. The molecule has 1 aromatic carbocycles. The summed E-state index contributed by atoms with van der Waals surface area (Å²) in [6.45, 7) is 18.1. The molecule has 0 amide bonds. The van der Waals surface area contributed by atoms with E-state index >= 15 is 0 Å². The molecular formula is C31H49NO8. The van der Waals surface area contributed by atoms with Crippen LogP contribution in [0.4, 0.5) is 0 Å². The van der Waals surface area contributed by atoms with Gasteiger partial charge in [0.1, 0.15) is 12.1 Å². The van der Waals surface area contributed by atoms with Crippen molar-refractivity contribution in [1.82, 2.24) is 0 Å². The van der Waals surface area contributed by atoms with E-state index in [2.05, 4.69) is 0 Å². The van der Waals surface area contributed by atoms with Crippen LogP contribution in [0.5, 0.6) is 11.5 Å². The Labute approximate surface area is 239 Å². The number of rotatable bonds is 15. The summed E-state index contributed by atoms with van der Waals surface area (Å²) < 4.78 is 17.1. The van der Waals surface area contributed by atoms with E-state index in [4.69, 9.17) is 19.9 Å². The molecule has 0 spiro atoms. The van der Waals surface area contributed by atoms with E-state index in [0.29, 0.717) is 18.4 Å². The Hall–Kier alpha value is -2.94. The number of carboxylic acid groups (broad SMARTS) is 1. The summed E-state index contributed by atoms with van der Waals surface area (Å²) in [5.74, 6) is -3.78. The van der Waals surface area contributed by atoms with Gasteiger partial charge in [0.05, 0.1) is 10.8 Å².